The van der Waals surface area contributed by atoms with Gasteiger partial charge in [0.05, 0.1) is 12.2 Å². The number of piperazine rings is 1. The molecule has 1 aromatic rings. The minimum Gasteiger partial charge on any atom is -0.381 e. The van der Waals surface area contributed by atoms with Crippen molar-refractivity contribution in [2.24, 2.45) is 5.92 Å². The number of ether oxygens (including phenoxy) is 1. The molecule has 0 spiro atoms. The molecule has 0 aliphatic carbocycles. The molecule has 4 rings (SSSR count). The number of nitrogens with zero attached hydrogens (tertiary/aromatic N) is 5. The summed E-state index contributed by atoms with van der Waals surface area (Å²) in [5, 5.41) is 0. The van der Waals surface area contributed by atoms with Crippen molar-refractivity contribution in [2.45, 2.75) is 32.5 Å². The van der Waals surface area contributed by atoms with Crippen LogP contribution < -0.4 is 0 Å². The predicted molar refractivity (Wildman–Crippen MR) is 93.8 cm³/mol. The van der Waals surface area contributed by atoms with E-state index in [1.54, 1.807) is 0 Å². The lowest BCUT2D eigenvalue weighted by Crippen LogP contribution is -2.43. The smallest absolute Gasteiger partial charge is 0.123 e. The Balaban J connectivity index is 1.32. The van der Waals surface area contributed by atoms with Crippen molar-refractivity contribution in [3.63, 3.8) is 0 Å². The molecule has 0 N–H and O–H groups in total. The number of hydrogen-bond acceptors (Lipinski definition) is 5. The first-order valence-electron chi connectivity index (χ1n) is 9.52. The van der Waals surface area contributed by atoms with E-state index in [0.29, 0.717) is 0 Å². The number of aromatic nitrogens is 2. The van der Waals surface area contributed by atoms with Crippen molar-refractivity contribution >= 4 is 0 Å². The molecule has 3 aliphatic rings. The third kappa shape index (κ3) is 3.99. The lowest BCUT2D eigenvalue weighted by molar-refractivity contribution is 0.0482. The standard InChI is InChI=1S/C18H31N5O/c1-20-4-6-21(7-5-20)13-17-14-23-9-8-22(15-18(23)19-17)12-16-2-10-24-11-3-16/h14,16H,2-13,15H2,1H3. The van der Waals surface area contributed by atoms with Crippen LogP contribution in [0.15, 0.2) is 6.20 Å². The first-order chi connectivity index (χ1) is 11.8. The number of imidazole rings is 1. The number of hydrogen-bond donors (Lipinski definition) is 0. The van der Waals surface area contributed by atoms with Gasteiger partial charge in [0.15, 0.2) is 0 Å². The normalized spacial score (nSPS) is 25.0. The molecular weight excluding hydrogens is 302 g/mol. The van der Waals surface area contributed by atoms with Crippen molar-refractivity contribution < 1.29 is 4.74 Å². The maximum absolute atomic E-state index is 5.48. The Kier molecular flexibility index (Phi) is 5.17. The van der Waals surface area contributed by atoms with Crippen molar-refractivity contribution in [1.82, 2.24) is 24.3 Å². The molecule has 134 valence electrons. The molecule has 2 saturated heterocycles. The van der Waals surface area contributed by atoms with Crippen molar-refractivity contribution in [3.8, 4) is 0 Å². The minimum atomic E-state index is 0.810. The van der Waals surface area contributed by atoms with Gasteiger partial charge in [-0.15, -0.1) is 0 Å². The summed E-state index contributed by atoms with van der Waals surface area (Å²) >= 11 is 0. The van der Waals surface area contributed by atoms with Gasteiger partial charge in [-0.1, -0.05) is 0 Å². The fourth-order valence-corrected chi connectivity index (χ4v) is 4.12. The van der Waals surface area contributed by atoms with E-state index < -0.39 is 0 Å². The zero-order valence-electron chi connectivity index (χ0n) is 15.0. The second kappa shape index (κ2) is 7.52. The summed E-state index contributed by atoms with van der Waals surface area (Å²) < 4.78 is 7.87. The highest BCUT2D eigenvalue weighted by molar-refractivity contribution is 5.06. The fourth-order valence-electron chi connectivity index (χ4n) is 4.12. The summed E-state index contributed by atoms with van der Waals surface area (Å²) in [5.74, 6) is 2.07. The molecule has 24 heavy (non-hydrogen) atoms. The molecule has 0 amide bonds. The monoisotopic (exact) mass is 333 g/mol. The van der Waals surface area contributed by atoms with E-state index in [-0.39, 0.29) is 0 Å². The molecular formula is C18H31N5O. The fraction of sp³-hybridized carbons (Fsp3) is 0.833. The molecule has 0 saturated carbocycles. The lowest BCUT2D eigenvalue weighted by Gasteiger charge is -2.32. The van der Waals surface area contributed by atoms with Crippen LogP contribution in [0.5, 0.6) is 0 Å². The highest BCUT2D eigenvalue weighted by Crippen LogP contribution is 2.20. The van der Waals surface area contributed by atoms with E-state index in [4.69, 9.17) is 9.72 Å². The van der Waals surface area contributed by atoms with Gasteiger partial charge in [-0.05, 0) is 25.8 Å². The molecule has 4 heterocycles. The Hall–Kier alpha value is -0.950. The lowest BCUT2D eigenvalue weighted by atomic mass is 9.99. The van der Waals surface area contributed by atoms with Crippen molar-refractivity contribution in [1.29, 1.82) is 0 Å². The van der Waals surface area contributed by atoms with E-state index in [0.717, 1.165) is 58.4 Å². The van der Waals surface area contributed by atoms with E-state index in [9.17, 15) is 0 Å². The van der Waals surface area contributed by atoms with Gasteiger partial charge in [0, 0.05) is 71.8 Å². The second-order valence-corrected chi connectivity index (χ2v) is 7.71. The van der Waals surface area contributed by atoms with E-state index in [1.165, 1.54) is 44.0 Å². The van der Waals surface area contributed by atoms with Crippen LogP contribution in [0.4, 0.5) is 0 Å². The Bertz CT molecular complexity index is 532. The van der Waals surface area contributed by atoms with Crippen molar-refractivity contribution in [2.75, 3.05) is 59.5 Å². The van der Waals surface area contributed by atoms with E-state index in [2.05, 4.69) is 32.5 Å². The zero-order valence-corrected chi connectivity index (χ0v) is 15.0. The Morgan fingerprint density at radius 3 is 2.58 bits per heavy atom. The second-order valence-electron chi connectivity index (χ2n) is 7.71. The first-order valence-corrected chi connectivity index (χ1v) is 9.52. The molecule has 2 fully saturated rings. The first kappa shape index (κ1) is 16.5. The van der Waals surface area contributed by atoms with E-state index >= 15 is 0 Å². The average molecular weight is 333 g/mol. The zero-order chi connectivity index (χ0) is 16.4. The van der Waals surface area contributed by atoms with Gasteiger partial charge in [0.25, 0.3) is 0 Å². The molecule has 0 bridgehead atoms. The maximum atomic E-state index is 5.48. The predicted octanol–water partition coefficient (Wildman–Crippen LogP) is 0.873. The molecule has 6 nitrogen and oxygen atoms in total. The van der Waals surface area contributed by atoms with Gasteiger partial charge < -0.3 is 14.2 Å². The molecule has 0 radical (unpaired) electrons. The van der Waals surface area contributed by atoms with Gasteiger partial charge >= 0.3 is 0 Å². The van der Waals surface area contributed by atoms with Crippen LogP contribution in [0.25, 0.3) is 0 Å². The molecule has 0 aromatic carbocycles. The summed E-state index contributed by atoms with van der Waals surface area (Å²) in [5.41, 5.74) is 1.25. The van der Waals surface area contributed by atoms with Crippen LogP contribution in [-0.2, 0) is 24.4 Å². The summed E-state index contributed by atoms with van der Waals surface area (Å²) in [6, 6.07) is 0. The highest BCUT2D eigenvalue weighted by atomic mass is 16.5. The largest absolute Gasteiger partial charge is 0.381 e. The van der Waals surface area contributed by atoms with Crippen LogP contribution in [0.3, 0.4) is 0 Å². The summed E-state index contributed by atoms with van der Waals surface area (Å²) in [6.45, 7) is 12.0. The minimum absolute atomic E-state index is 0.810. The quantitative estimate of drug-likeness (QED) is 0.817. The average Bonchev–Trinajstić information content (AvgIpc) is 2.99. The SMILES string of the molecule is CN1CCN(Cc2cn3c(n2)CN(CC2CCOCC2)CC3)CC1. The van der Waals surface area contributed by atoms with Crippen molar-refractivity contribution in [3.05, 3.63) is 17.7 Å². The Morgan fingerprint density at radius 1 is 1.04 bits per heavy atom. The summed E-state index contributed by atoms with van der Waals surface area (Å²) in [7, 11) is 2.21. The number of likely N-dealkylation sites (N-methyl/N-ethyl adjacent to an activating group) is 1. The van der Waals surface area contributed by atoms with Gasteiger partial charge in [0.2, 0.25) is 0 Å². The summed E-state index contributed by atoms with van der Waals surface area (Å²) in [4.78, 5) is 12.5. The third-order valence-electron chi connectivity index (χ3n) is 5.77. The maximum Gasteiger partial charge on any atom is 0.123 e. The Labute approximate surface area is 145 Å². The third-order valence-corrected chi connectivity index (χ3v) is 5.77. The van der Waals surface area contributed by atoms with Gasteiger partial charge in [-0.3, -0.25) is 9.80 Å². The molecule has 6 heteroatoms. The number of fused-ring (bicyclic) bond motifs is 1. The molecule has 1 aromatic heterocycles. The van der Waals surface area contributed by atoms with Crippen LogP contribution in [0, 0.1) is 5.92 Å². The van der Waals surface area contributed by atoms with Crippen LogP contribution >= 0.6 is 0 Å². The molecule has 0 atom stereocenters. The number of rotatable bonds is 4. The topological polar surface area (TPSA) is 36.8 Å². The molecule has 0 unspecified atom stereocenters. The molecule has 3 aliphatic heterocycles. The van der Waals surface area contributed by atoms with Gasteiger partial charge in [-0.25, -0.2) is 4.98 Å². The Morgan fingerprint density at radius 2 is 1.79 bits per heavy atom. The van der Waals surface area contributed by atoms with E-state index in [1.807, 2.05) is 0 Å². The highest BCUT2D eigenvalue weighted by Gasteiger charge is 2.23. The van der Waals surface area contributed by atoms with Crippen LogP contribution in [0.1, 0.15) is 24.4 Å². The van der Waals surface area contributed by atoms with Gasteiger partial charge in [-0.2, -0.15) is 0 Å². The van der Waals surface area contributed by atoms with Gasteiger partial charge in [0.1, 0.15) is 5.82 Å². The van der Waals surface area contributed by atoms with Crippen LogP contribution in [-0.4, -0.2) is 83.8 Å². The van der Waals surface area contributed by atoms with Crippen LogP contribution in [0.2, 0.25) is 0 Å². The summed E-state index contributed by atoms with van der Waals surface area (Å²) in [6.07, 6.45) is 4.73.